The number of carbonyl (C=O) groups excluding carboxylic acids is 1. The Morgan fingerprint density at radius 2 is 1.88 bits per heavy atom. The Morgan fingerprint density at radius 3 is 2.53 bits per heavy atom. The molecule has 1 amide bonds. The van der Waals surface area contributed by atoms with Crippen LogP contribution in [-0.2, 0) is 11.2 Å². The van der Waals surface area contributed by atoms with Gasteiger partial charge in [0.05, 0.1) is 20.3 Å². The number of amides is 1. The third-order valence-corrected chi connectivity index (χ3v) is 4.88. The van der Waals surface area contributed by atoms with Gasteiger partial charge in [-0.1, -0.05) is 30.3 Å². The molecule has 0 bridgehead atoms. The second-order valence-electron chi connectivity index (χ2n) is 7.41. The molecule has 1 aromatic heterocycles. The predicted molar refractivity (Wildman–Crippen MR) is 128 cm³/mol. The third kappa shape index (κ3) is 6.87. The fraction of sp³-hybridized carbons (Fsp3) is 0.269. The van der Waals surface area contributed by atoms with Crippen LogP contribution in [0.5, 0.6) is 17.2 Å². The van der Waals surface area contributed by atoms with Crippen molar-refractivity contribution in [1.82, 2.24) is 5.16 Å². The van der Waals surface area contributed by atoms with Crippen LogP contribution in [-0.4, -0.2) is 31.4 Å². The Labute approximate surface area is 198 Å². The van der Waals surface area contributed by atoms with Gasteiger partial charge in [0.25, 0.3) is 5.91 Å². The molecule has 0 spiro atoms. The van der Waals surface area contributed by atoms with Crippen molar-refractivity contribution >= 4 is 17.8 Å². The van der Waals surface area contributed by atoms with Crippen LogP contribution in [0.25, 0.3) is 6.08 Å². The molecule has 8 nitrogen and oxygen atoms in total. The van der Waals surface area contributed by atoms with Gasteiger partial charge >= 0.3 is 0 Å². The molecule has 3 aromatic rings. The highest BCUT2D eigenvalue weighted by Gasteiger charge is 2.13. The molecule has 0 saturated carbocycles. The van der Waals surface area contributed by atoms with Gasteiger partial charge in [-0.15, -0.1) is 0 Å². The van der Waals surface area contributed by atoms with Crippen molar-refractivity contribution in [3.63, 3.8) is 0 Å². The lowest BCUT2D eigenvalue weighted by Crippen LogP contribution is -2.13. The molecule has 0 radical (unpaired) electrons. The van der Waals surface area contributed by atoms with Crippen molar-refractivity contribution in [2.45, 2.75) is 26.7 Å². The second kappa shape index (κ2) is 12.1. The highest BCUT2D eigenvalue weighted by molar-refractivity contribution is 6.09. The molecule has 3 rings (SSSR count). The van der Waals surface area contributed by atoms with Crippen LogP contribution < -0.4 is 19.5 Å². The highest BCUT2D eigenvalue weighted by atomic mass is 16.5. The molecule has 1 N–H and O–H groups in total. The molecule has 0 aliphatic carbocycles. The van der Waals surface area contributed by atoms with E-state index in [1.54, 1.807) is 31.2 Å². The van der Waals surface area contributed by atoms with Gasteiger partial charge in [0.15, 0.2) is 17.3 Å². The average molecular weight is 462 g/mol. The molecular weight excluding hydrogens is 434 g/mol. The molecule has 0 aliphatic rings. The lowest BCUT2D eigenvalue weighted by atomic mass is 10.1. The summed E-state index contributed by atoms with van der Waals surface area (Å²) in [7, 11) is 1.53. The highest BCUT2D eigenvalue weighted by Crippen LogP contribution is 2.29. The van der Waals surface area contributed by atoms with Crippen LogP contribution in [0.1, 0.15) is 30.2 Å². The zero-order valence-corrected chi connectivity index (χ0v) is 19.5. The molecule has 1 heterocycles. The second-order valence-corrected chi connectivity index (χ2v) is 7.41. The topological polar surface area (TPSA) is 107 Å². The number of hydrogen-bond acceptors (Lipinski definition) is 7. The van der Waals surface area contributed by atoms with Gasteiger partial charge in [-0.05, 0) is 54.8 Å². The van der Waals surface area contributed by atoms with Crippen LogP contribution in [0.3, 0.4) is 0 Å². The van der Waals surface area contributed by atoms with Crippen LogP contribution in [0, 0.1) is 18.3 Å². The normalized spacial score (nSPS) is 10.9. The van der Waals surface area contributed by atoms with Gasteiger partial charge in [0, 0.05) is 12.5 Å². The van der Waals surface area contributed by atoms with Crippen molar-refractivity contribution in [2.75, 3.05) is 25.6 Å². The van der Waals surface area contributed by atoms with E-state index in [-0.39, 0.29) is 11.4 Å². The van der Waals surface area contributed by atoms with E-state index in [1.807, 2.05) is 18.2 Å². The molecule has 0 fully saturated rings. The molecule has 0 saturated heterocycles. The molecule has 34 heavy (non-hydrogen) atoms. The Balaban J connectivity index is 1.55. The van der Waals surface area contributed by atoms with E-state index in [0.29, 0.717) is 42.5 Å². The van der Waals surface area contributed by atoms with Crippen molar-refractivity contribution in [1.29, 1.82) is 5.26 Å². The first-order valence-electron chi connectivity index (χ1n) is 10.9. The fourth-order valence-corrected chi connectivity index (χ4v) is 3.07. The number of ether oxygens (including phenoxy) is 3. The number of methoxy groups -OCH3 is 1. The van der Waals surface area contributed by atoms with Crippen LogP contribution >= 0.6 is 0 Å². The zero-order valence-electron chi connectivity index (χ0n) is 19.5. The van der Waals surface area contributed by atoms with E-state index in [2.05, 4.69) is 29.5 Å². The summed E-state index contributed by atoms with van der Waals surface area (Å²) in [5.41, 5.74) is 1.81. The van der Waals surface area contributed by atoms with Crippen molar-refractivity contribution in [2.24, 2.45) is 0 Å². The first kappa shape index (κ1) is 24.4. The van der Waals surface area contributed by atoms with E-state index >= 15 is 0 Å². The first-order chi connectivity index (χ1) is 16.5. The largest absolute Gasteiger partial charge is 0.493 e. The van der Waals surface area contributed by atoms with Crippen LogP contribution in [0.2, 0.25) is 0 Å². The maximum Gasteiger partial charge on any atom is 0.267 e. The maximum absolute atomic E-state index is 12.4. The number of nitrogens with zero attached hydrogens (tertiary/aromatic N) is 2. The van der Waals surface area contributed by atoms with Crippen molar-refractivity contribution < 1.29 is 23.5 Å². The first-order valence-corrected chi connectivity index (χ1v) is 10.9. The summed E-state index contributed by atoms with van der Waals surface area (Å²) >= 11 is 0. The number of carbonyl (C=O) groups is 1. The Kier molecular flexibility index (Phi) is 8.69. The smallest absolute Gasteiger partial charge is 0.267 e. The van der Waals surface area contributed by atoms with Crippen LogP contribution in [0.15, 0.2) is 58.6 Å². The van der Waals surface area contributed by atoms with E-state index in [4.69, 9.17) is 18.7 Å². The van der Waals surface area contributed by atoms with E-state index in [1.165, 1.54) is 18.7 Å². The lowest BCUT2D eigenvalue weighted by Gasteiger charge is -2.12. The molecule has 0 unspecified atom stereocenters. The standard InChI is InChI=1S/C26H27N3O5/c1-4-19-6-9-22(10-7-19)32-12-5-13-33-23-11-8-20(16-24(23)31-3)15-21(17-27)26(30)28-25-14-18(2)34-29-25/h6-11,14-16H,4-5,12-13H2,1-3H3,(H,28,29,30)/b21-15-. The summed E-state index contributed by atoms with van der Waals surface area (Å²) < 4.78 is 21.9. The third-order valence-electron chi connectivity index (χ3n) is 4.88. The van der Waals surface area contributed by atoms with E-state index < -0.39 is 5.91 Å². The number of nitrogens with one attached hydrogen (secondary N) is 1. The van der Waals surface area contributed by atoms with Crippen LogP contribution in [0.4, 0.5) is 5.82 Å². The number of anilines is 1. The van der Waals surface area contributed by atoms with Crippen molar-refractivity contribution in [3.05, 3.63) is 71.0 Å². The van der Waals surface area contributed by atoms with Crippen molar-refractivity contribution in [3.8, 4) is 23.3 Å². The number of aromatic nitrogens is 1. The summed E-state index contributed by atoms with van der Waals surface area (Å²) in [5.74, 6) is 2.10. The van der Waals surface area contributed by atoms with Gasteiger partial charge in [0.2, 0.25) is 0 Å². The van der Waals surface area contributed by atoms with Gasteiger partial charge in [0.1, 0.15) is 23.2 Å². The van der Waals surface area contributed by atoms with Gasteiger partial charge in [-0.3, -0.25) is 4.79 Å². The summed E-state index contributed by atoms with van der Waals surface area (Å²) in [4.78, 5) is 12.4. The van der Waals surface area contributed by atoms with E-state index in [9.17, 15) is 10.1 Å². The monoisotopic (exact) mass is 461 g/mol. The molecule has 176 valence electrons. The number of hydrogen-bond donors (Lipinski definition) is 1. The Morgan fingerprint density at radius 1 is 1.12 bits per heavy atom. The summed E-state index contributed by atoms with van der Waals surface area (Å²) in [6, 6.07) is 16.7. The minimum absolute atomic E-state index is 0.0829. The molecule has 0 atom stereocenters. The summed E-state index contributed by atoms with van der Waals surface area (Å²) in [6.07, 6.45) is 3.16. The predicted octanol–water partition coefficient (Wildman–Crippen LogP) is 4.95. The zero-order chi connectivity index (χ0) is 24.3. The number of benzene rings is 2. The molecule has 0 aliphatic heterocycles. The minimum atomic E-state index is -0.584. The fourth-order valence-electron chi connectivity index (χ4n) is 3.07. The molecule has 2 aromatic carbocycles. The number of nitriles is 1. The number of aryl methyl sites for hydroxylation is 2. The summed E-state index contributed by atoms with van der Waals surface area (Å²) in [6.45, 7) is 4.80. The maximum atomic E-state index is 12.4. The Hall–Kier alpha value is -4.25. The number of rotatable bonds is 11. The Bertz CT molecular complexity index is 1180. The lowest BCUT2D eigenvalue weighted by molar-refractivity contribution is -0.112. The molecule has 8 heteroatoms. The molecular formula is C26H27N3O5. The average Bonchev–Trinajstić information content (AvgIpc) is 3.27. The van der Waals surface area contributed by atoms with Gasteiger partial charge in [-0.25, -0.2) is 0 Å². The SMILES string of the molecule is CCc1ccc(OCCCOc2ccc(/C=C(/C#N)C(=O)Nc3cc(C)on3)cc2OC)cc1. The summed E-state index contributed by atoms with van der Waals surface area (Å²) in [5, 5.41) is 15.6. The quantitative estimate of drug-likeness (QED) is 0.245. The van der Waals surface area contributed by atoms with Gasteiger partial charge < -0.3 is 24.1 Å². The van der Waals surface area contributed by atoms with E-state index in [0.717, 1.165) is 12.2 Å². The van der Waals surface area contributed by atoms with Gasteiger partial charge in [-0.2, -0.15) is 5.26 Å². The minimum Gasteiger partial charge on any atom is -0.493 e.